The largest absolute Gasteiger partial charge is 0.497 e. The van der Waals surface area contributed by atoms with Crippen LogP contribution in [0.3, 0.4) is 0 Å². The van der Waals surface area contributed by atoms with Gasteiger partial charge in [-0.05, 0) is 17.7 Å². The van der Waals surface area contributed by atoms with Crippen LogP contribution in [0.15, 0.2) is 29.8 Å². The van der Waals surface area contributed by atoms with Gasteiger partial charge in [0.05, 0.1) is 19.1 Å². The van der Waals surface area contributed by atoms with Crippen molar-refractivity contribution in [2.24, 2.45) is 5.92 Å². The Morgan fingerprint density at radius 3 is 3.00 bits per heavy atom. The number of carbonyl (C=O) groups is 2. The molecule has 1 aliphatic rings. The fourth-order valence-electron chi connectivity index (χ4n) is 2.81. The molecule has 3 rings (SSSR count). The van der Waals surface area contributed by atoms with Crippen LogP contribution in [0.5, 0.6) is 5.75 Å². The number of nitrogens with zero attached hydrogens (tertiary/aromatic N) is 3. The number of benzene rings is 1. The van der Waals surface area contributed by atoms with Gasteiger partial charge in [-0.25, -0.2) is 0 Å². The van der Waals surface area contributed by atoms with Crippen molar-refractivity contribution in [3.8, 4) is 5.75 Å². The first-order valence-corrected chi connectivity index (χ1v) is 7.94. The second-order valence-corrected chi connectivity index (χ2v) is 6.10. The standard InChI is InChI=1S/C15H16N4O3S/c1-19-12(20)7-11(14(21)17-15-18-16-8-23-15)13(19)9-4-3-5-10(6-9)22-2/h3-6,8,11,13H,7H2,1-2H3,(H,17,18,21). The van der Waals surface area contributed by atoms with Gasteiger partial charge >= 0.3 is 0 Å². The summed E-state index contributed by atoms with van der Waals surface area (Å²) in [5, 5.41) is 10.7. The SMILES string of the molecule is COc1cccc(C2C(C(=O)Nc3nncs3)CC(=O)N2C)c1. The Morgan fingerprint density at radius 2 is 2.30 bits per heavy atom. The predicted molar refractivity (Wildman–Crippen MR) is 85.2 cm³/mol. The number of rotatable bonds is 4. The molecule has 1 aliphatic heterocycles. The first-order valence-electron chi connectivity index (χ1n) is 7.07. The van der Waals surface area contributed by atoms with Crippen LogP contribution in [0.2, 0.25) is 0 Å². The van der Waals surface area contributed by atoms with Crippen molar-refractivity contribution in [1.82, 2.24) is 15.1 Å². The van der Waals surface area contributed by atoms with Gasteiger partial charge in [0.25, 0.3) is 0 Å². The van der Waals surface area contributed by atoms with E-state index in [4.69, 9.17) is 4.74 Å². The topological polar surface area (TPSA) is 84.4 Å². The van der Waals surface area contributed by atoms with Crippen LogP contribution in [0.4, 0.5) is 5.13 Å². The molecule has 0 spiro atoms. The summed E-state index contributed by atoms with van der Waals surface area (Å²) in [6, 6.07) is 7.10. The molecular formula is C15H16N4O3S. The molecular weight excluding hydrogens is 316 g/mol. The van der Waals surface area contributed by atoms with Gasteiger partial charge < -0.3 is 15.0 Å². The molecule has 2 amide bonds. The zero-order valence-corrected chi connectivity index (χ0v) is 13.5. The number of likely N-dealkylation sites (tertiary alicyclic amines) is 1. The number of aromatic nitrogens is 2. The van der Waals surface area contributed by atoms with E-state index in [9.17, 15) is 9.59 Å². The Hall–Kier alpha value is -2.48. The molecule has 2 aromatic rings. The quantitative estimate of drug-likeness (QED) is 0.921. The number of methoxy groups -OCH3 is 1. The molecule has 1 aromatic heterocycles. The molecule has 1 aromatic carbocycles. The second kappa shape index (κ2) is 6.33. The predicted octanol–water partition coefficient (Wildman–Crippen LogP) is 1.70. The molecule has 2 unspecified atom stereocenters. The van der Waals surface area contributed by atoms with E-state index < -0.39 is 5.92 Å². The van der Waals surface area contributed by atoms with E-state index in [0.717, 1.165) is 5.56 Å². The fourth-order valence-corrected chi connectivity index (χ4v) is 3.26. The lowest BCUT2D eigenvalue weighted by Crippen LogP contribution is -2.30. The third-order valence-corrected chi connectivity index (χ3v) is 4.56. The van der Waals surface area contributed by atoms with Crippen molar-refractivity contribution in [2.75, 3.05) is 19.5 Å². The van der Waals surface area contributed by atoms with Crippen molar-refractivity contribution >= 4 is 28.3 Å². The maximum Gasteiger partial charge on any atom is 0.232 e. The van der Waals surface area contributed by atoms with E-state index in [1.54, 1.807) is 24.6 Å². The average Bonchev–Trinajstić information content (AvgIpc) is 3.16. The smallest absolute Gasteiger partial charge is 0.232 e. The van der Waals surface area contributed by atoms with Gasteiger partial charge in [-0.2, -0.15) is 0 Å². The van der Waals surface area contributed by atoms with Crippen LogP contribution in [0, 0.1) is 5.92 Å². The molecule has 120 valence electrons. The van der Waals surface area contributed by atoms with Crippen LogP contribution in [0.25, 0.3) is 0 Å². The van der Waals surface area contributed by atoms with Gasteiger partial charge in [0, 0.05) is 13.5 Å². The van der Waals surface area contributed by atoms with Crippen LogP contribution in [0.1, 0.15) is 18.0 Å². The lowest BCUT2D eigenvalue weighted by atomic mass is 9.93. The molecule has 0 saturated carbocycles. The Labute approximate surface area is 137 Å². The highest BCUT2D eigenvalue weighted by Gasteiger charge is 2.43. The number of carbonyl (C=O) groups excluding carboxylic acids is 2. The van der Waals surface area contributed by atoms with E-state index in [2.05, 4.69) is 15.5 Å². The van der Waals surface area contributed by atoms with E-state index in [-0.39, 0.29) is 24.3 Å². The monoisotopic (exact) mass is 332 g/mol. The number of hydrogen-bond donors (Lipinski definition) is 1. The lowest BCUT2D eigenvalue weighted by molar-refractivity contribution is -0.127. The van der Waals surface area contributed by atoms with Gasteiger partial charge in [0.15, 0.2) is 0 Å². The van der Waals surface area contributed by atoms with Crippen LogP contribution >= 0.6 is 11.3 Å². The molecule has 0 bridgehead atoms. The van der Waals surface area contributed by atoms with Crippen LogP contribution in [-0.4, -0.2) is 41.1 Å². The molecule has 1 N–H and O–H groups in total. The highest BCUT2D eigenvalue weighted by molar-refractivity contribution is 7.13. The molecule has 2 heterocycles. The zero-order chi connectivity index (χ0) is 16.4. The highest BCUT2D eigenvalue weighted by Crippen LogP contribution is 2.38. The fraction of sp³-hybridized carbons (Fsp3) is 0.333. The zero-order valence-electron chi connectivity index (χ0n) is 12.7. The van der Waals surface area contributed by atoms with Crippen LogP contribution in [-0.2, 0) is 9.59 Å². The number of hydrogen-bond acceptors (Lipinski definition) is 6. The van der Waals surface area contributed by atoms with Gasteiger partial charge in [-0.3, -0.25) is 9.59 Å². The highest BCUT2D eigenvalue weighted by atomic mass is 32.1. The van der Waals surface area contributed by atoms with Gasteiger partial charge in [-0.1, -0.05) is 23.5 Å². The molecule has 8 heteroatoms. The van der Waals surface area contributed by atoms with E-state index in [1.165, 1.54) is 11.3 Å². The van der Waals surface area contributed by atoms with E-state index in [1.807, 2.05) is 24.3 Å². The normalized spacial score (nSPS) is 20.6. The first-order chi connectivity index (χ1) is 11.1. The molecule has 0 aliphatic carbocycles. The summed E-state index contributed by atoms with van der Waals surface area (Å²) in [4.78, 5) is 26.3. The minimum Gasteiger partial charge on any atom is -0.497 e. The van der Waals surface area contributed by atoms with Gasteiger partial charge in [0.2, 0.25) is 16.9 Å². The summed E-state index contributed by atoms with van der Waals surface area (Å²) in [5.41, 5.74) is 2.41. The third kappa shape index (κ3) is 3.02. The minimum absolute atomic E-state index is 0.0600. The lowest BCUT2D eigenvalue weighted by Gasteiger charge is -2.25. The second-order valence-electron chi connectivity index (χ2n) is 5.27. The molecule has 0 radical (unpaired) electrons. The molecule has 1 saturated heterocycles. The summed E-state index contributed by atoms with van der Waals surface area (Å²) in [6.45, 7) is 0. The van der Waals surface area contributed by atoms with Crippen molar-refractivity contribution in [3.63, 3.8) is 0 Å². The first kappa shape index (κ1) is 15.4. The average molecular weight is 332 g/mol. The number of ether oxygens (including phenoxy) is 1. The van der Waals surface area contributed by atoms with E-state index >= 15 is 0 Å². The van der Waals surface area contributed by atoms with Crippen molar-refractivity contribution in [3.05, 3.63) is 35.3 Å². The Balaban J connectivity index is 1.88. The number of nitrogens with one attached hydrogen (secondary N) is 1. The van der Waals surface area contributed by atoms with Crippen molar-refractivity contribution < 1.29 is 14.3 Å². The number of anilines is 1. The Morgan fingerprint density at radius 1 is 1.48 bits per heavy atom. The summed E-state index contributed by atoms with van der Waals surface area (Å²) in [6.07, 6.45) is 0.170. The van der Waals surface area contributed by atoms with Crippen LogP contribution < -0.4 is 10.1 Å². The third-order valence-electron chi connectivity index (χ3n) is 3.95. The Kier molecular flexibility index (Phi) is 4.24. The summed E-state index contributed by atoms with van der Waals surface area (Å²) in [7, 11) is 3.30. The number of amides is 2. The van der Waals surface area contributed by atoms with Gasteiger partial charge in [0.1, 0.15) is 11.3 Å². The van der Waals surface area contributed by atoms with Crippen molar-refractivity contribution in [1.29, 1.82) is 0 Å². The molecule has 7 nitrogen and oxygen atoms in total. The summed E-state index contributed by atoms with van der Waals surface area (Å²) >= 11 is 1.24. The summed E-state index contributed by atoms with van der Waals surface area (Å²) in [5.74, 6) is -0.0791. The summed E-state index contributed by atoms with van der Waals surface area (Å²) < 4.78 is 5.24. The maximum absolute atomic E-state index is 12.6. The minimum atomic E-state index is -0.483. The van der Waals surface area contributed by atoms with Gasteiger partial charge in [-0.15, -0.1) is 10.2 Å². The van der Waals surface area contributed by atoms with E-state index in [0.29, 0.717) is 10.9 Å². The molecule has 2 atom stereocenters. The Bertz CT molecular complexity index is 719. The molecule has 1 fully saturated rings. The van der Waals surface area contributed by atoms with Crippen molar-refractivity contribution in [2.45, 2.75) is 12.5 Å². The molecule has 23 heavy (non-hydrogen) atoms. The maximum atomic E-state index is 12.6.